The molecule has 182 valence electrons. The van der Waals surface area contributed by atoms with Crippen LogP contribution in [-0.4, -0.2) is 59.4 Å². The number of likely N-dealkylation sites (tertiary alicyclic amines) is 1. The van der Waals surface area contributed by atoms with Crippen molar-refractivity contribution in [1.82, 2.24) is 9.80 Å². The first-order chi connectivity index (χ1) is 16.3. The van der Waals surface area contributed by atoms with Crippen molar-refractivity contribution in [2.24, 2.45) is 0 Å². The normalized spacial score (nSPS) is 17.6. The van der Waals surface area contributed by atoms with Crippen LogP contribution in [0.3, 0.4) is 0 Å². The molecule has 3 rings (SSSR count). The van der Waals surface area contributed by atoms with Gasteiger partial charge in [0.05, 0.1) is 18.2 Å². The molecule has 6 nitrogen and oxygen atoms in total. The van der Waals surface area contributed by atoms with Crippen LogP contribution in [0.15, 0.2) is 48.0 Å². The van der Waals surface area contributed by atoms with Gasteiger partial charge in [-0.1, -0.05) is 50.6 Å². The maximum atomic E-state index is 13.2. The Kier molecular flexibility index (Phi) is 8.51. The molecule has 1 aliphatic rings. The van der Waals surface area contributed by atoms with Crippen molar-refractivity contribution in [2.75, 3.05) is 32.8 Å². The van der Waals surface area contributed by atoms with Crippen LogP contribution in [0.4, 0.5) is 0 Å². The summed E-state index contributed by atoms with van der Waals surface area (Å²) in [7, 11) is 0. The maximum Gasteiger partial charge on any atom is 0.295 e. The highest BCUT2D eigenvalue weighted by molar-refractivity contribution is 6.46. The smallest absolute Gasteiger partial charge is 0.295 e. The lowest BCUT2D eigenvalue weighted by Crippen LogP contribution is -2.38. The van der Waals surface area contributed by atoms with E-state index in [1.54, 1.807) is 23.1 Å². The molecule has 1 N–H and O–H groups in total. The number of rotatable bonds is 10. The zero-order valence-corrected chi connectivity index (χ0v) is 20.9. The fourth-order valence-corrected chi connectivity index (χ4v) is 4.41. The van der Waals surface area contributed by atoms with Gasteiger partial charge < -0.3 is 19.6 Å². The van der Waals surface area contributed by atoms with E-state index in [0.29, 0.717) is 25.3 Å². The second-order valence-corrected chi connectivity index (χ2v) is 8.76. The first-order valence-corrected chi connectivity index (χ1v) is 12.1. The molecule has 1 saturated heterocycles. The molecule has 1 heterocycles. The van der Waals surface area contributed by atoms with E-state index in [-0.39, 0.29) is 11.3 Å². The van der Waals surface area contributed by atoms with Gasteiger partial charge in [0, 0.05) is 18.7 Å². The molecule has 0 bridgehead atoms. The van der Waals surface area contributed by atoms with E-state index in [1.165, 1.54) is 0 Å². The molecule has 1 fully saturated rings. The van der Waals surface area contributed by atoms with Crippen LogP contribution in [0.5, 0.6) is 5.75 Å². The number of aliphatic hydroxyl groups is 1. The number of aryl methyl sites for hydroxylation is 2. The standard InChI is InChI=1S/C28H36N2O4/c1-6-16-34-23-13-12-22(18-20(23)5)26(31)24-25(21-11-9-10-19(4)17-21)30(28(33)27(24)32)15-14-29(7-2)8-3/h9-13,17-18,25,31H,6-8,14-16H2,1-5H3/b26-24-. The number of likely N-dealkylation sites (N-methyl/N-ethyl adjacent to an activating group) is 1. The van der Waals surface area contributed by atoms with Crippen molar-refractivity contribution >= 4 is 17.4 Å². The summed E-state index contributed by atoms with van der Waals surface area (Å²) in [6, 6.07) is 12.5. The number of aliphatic hydroxyl groups excluding tert-OH is 1. The van der Waals surface area contributed by atoms with Crippen LogP contribution in [0.1, 0.15) is 55.5 Å². The average molecular weight is 465 g/mol. The Morgan fingerprint density at radius 2 is 1.79 bits per heavy atom. The largest absolute Gasteiger partial charge is 0.507 e. The third-order valence-electron chi connectivity index (χ3n) is 6.36. The van der Waals surface area contributed by atoms with Gasteiger partial charge in [-0.25, -0.2) is 0 Å². The maximum absolute atomic E-state index is 13.2. The van der Waals surface area contributed by atoms with Gasteiger partial charge in [0.15, 0.2) is 0 Å². The second kappa shape index (κ2) is 11.3. The van der Waals surface area contributed by atoms with Crippen molar-refractivity contribution in [3.05, 3.63) is 70.3 Å². The molecule has 0 spiro atoms. The third-order valence-corrected chi connectivity index (χ3v) is 6.36. The van der Waals surface area contributed by atoms with E-state index in [1.807, 2.05) is 45.0 Å². The van der Waals surface area contributed by atoms with Crippen LogP contribution in [-0.2, 0) is 9.59 Å². The molecule has 2 aromatic rings. The Morgan fingerprint density at radius 1 is 1.06 bits per heavy atom. The van der Waals surface area contributed by atoms with Crippen LogP contribution < -0.4 is 4.74 Å². The number of nitrogens with zero attached hydrogens (tertiary/aromatic N) is 2. The molecule has 34 heavy (non-hydrogen) atoms. The average Bonchev–Trinajstić information content (AvgIpc) is 3.08. The summed E-state index contributed by atoms with van der Waals surface area (Å²) in [6.07, 6.45) is 0.897. The predicted octanol–water partition coefficient (Wildman–Crippen LogP) is 4.86. The minimum atomic E-state index is -0.646. The Morgan fingerprint density at radius 3 is 2.41 bits per heavy atom. The Hall–Kier alpha value is -3.12. The van der Waals surface area contributed by atoms with Crippen LogP contribution in [0.25, 0.3) is 5.76 Å². The van der Waals surface area contributed by atoms with Crippen molar-refractivity contribution in [1.29, 1.82) is 0 Å². The molecule has 0 radical (unpaired) electrons. The van der Waals surface area contributed by atoms with E-state index < -0.39 is 17.7 Å². The highest BCUT2D eigenvalue weighted by atomic mass is 16.5. The van der Waals surface area contributed by atoms with Crippen molar-refractivity contribution in [3.8, 4) is 5.75 Å². The molecular weight excluding hydrogens is 428 g/mol. The van der Waals surface area contributed by atoms with Gasteiger partial charge in [0.25, 0.3) is 11.7 Å². The van der Waals surface area contributed by atoms with Gasteiger partial charge in [-0.05, 0) is 62.7 Å². The van der Waals surface area contributed by atoms with Gasteiger partial charge in [-0.3, -0.25) is 9.59 Å². The Bertz CT molecular complexity index is 1070. The van der Waals surface area contributed by atoms with E-state index >= 15 is 0 Å². The number of hydrogen-bond acceptors (Lipinski definition) is 5. The number of Topliss-reactive ketones (excluding diaryl/α,β-unsaturated/α-hetero) is 1. The van der Waals surface area contributed by atoms with Crippen LogP contribution >= 0.6 is 0 Å². The minimum Gasteiger partial charge on any atom is -0.507 e. The predicted molar refractivity (Wildman–Crippen MR) is 135 cm³/mol. The van der Waals surface area contributed by atoms with Gasteiger partial charge in [-0.15, -0.1) is 0 Å². The van der Waals surface area contributed by atoms with Crippen molar-refractivity contribution in [2.45, 2.75) is 47.1 Å². The lowest BCUT2D eigenvalue weighted by molar-refractivity contribution is -0.140. The zero-order valence-electron chi connectivity index (χ0n) is 20.9. The molecule has 1 atom stereocenters. The quantitative estimate of drug-likeness (QED) is 0.309. The molecule has 2 aromatic carbocycles. The summed E-state index contributed by atoms with van der Waals surface area (Å²) in [5, 5.41) is 11.3. The summed E-state index contributed by atoms with van der Waals surface area (Å²) in [5.74, 6) is -0.624. The molecular formula is C28H36N2O4. The molecule has 6 heteroatoms. The molecule has 1 aliphatic heterocycles. The van der Waals surface area contributed by atoms with E-state index in [0.717, 1.165) is 42.0 Å². The van der Waals surface area contributed by atoms with Crippen LogP contribution in [0.2, 0.25) is 0 Å². The number of carbonyl (C=O) groups excluding carboxylic acids is 2. The highest BCUT2D eigenvalue weighted by Gasteiger charge is 2.46. The van der Waals surface area contributed by atoms with Gasteiger partial charge in [-0.2, -0.15) is 0 Å². The van der Waals surface area contributed by atoms with Crippen LogP contribution in [0, 0.1) is 13.8 Å². The molecule has 0 aromatic heterocycles. The van der Waals surface area contributed by atoms with Gasteiger partial charge in [0.2, 0.25) is 0 Å². The van der Waals surface area contributed by atoms with Gasteiger partial charge in [0.1, 0.15) is 11.5 Å². The lowest BCUT2D eigenvalue weighted by atomic mass is 9.94. The Labute approximate surface area is 202 Å². The highest BCUT2D eigenvalue weighted by Crippen LogP contribution is 2.40. The first-order valence-electron chi connectivity index (χ1n) is 12.1. The minimum absolute atomic E-state index is 0.136. The summed E-state index contributed by atoms with van der Waals surface area (Å²) in [6.45, 7) is 13.5. The number of benzene rings is 2. The Balaban J connectivity index is 2.07. The fourth-order valence-electron chi connectivity index (χ4n) is 4.41. The SMILES string of the molecule is CCCOc1ccc(/C(O)=C2/C(=O)C(=O)N(CCN(CC)CC)C2c2cccc(C)c2)cc1C. The molecule has 0 saturated carbocycles. The van der Waals surface area contributed by atoms with E-state index in [4.69, 9.17) is 4.74 Å². The molecule has 0 aliphatic carbocycles. The monoisotopic (exact) mass is 464 g/mol. The van der Waals surface area contributed by atoms with Crippen molar-refractivity contribution < 1.29 is 19.4 Å². The van der Waals surface area contributed by atoms with Crippen molar-refractivity contribution in [3.63, 3.8) is 0 Å². The summed E-state index contributed by atoms with van der Waals surface area (Å²) in [5.41, 5.74) is 3.35. The lowest BCUT2D eigenvalue weighted by Gasteiger charge is -2.28. The van der Waals surface area contributed by atoms with E-state index in [2.05, 4.69) is 18.7 Å². The number of ether oxygens (including phenoxy) is 1. The zero-order chi connectivity index (χ0) is 24.8. The number of hydrogen-bond donors (Lipinski definition) is 1. The first kappa shape index (κ1) is 25.5. The summed E-state index contributed by atoms with van der Waals surface area (Å²) >= 11 is 0. The third kappa shape index (κ3) is 5.33. The number of amides is 1. The summed E-state index contributed by atoms with van der Waals surface area (Å²) < 4.78 is 5.75. The summed E-state index contributed by atoms with van der Waals surface area (Å²) in [4.78, 5) is 30.2. The molecule has 1 unspecified atom stereocenters. The topological polar surface area (TPSA) is 70.1 Å². The van der Waals surface area contributed by atoms with E-state index in [9.17, 15) is 14.7 Å². The number of carbonyl (C=O) groups is 2. The molecule has 1 amide bonds. The second-order valence-electron chi connectivity index (χ2n) is 8.76. The van der Waals surface area contributed by atoms with Gasteiger partial charge >= 0.3 is 0 Å². The number of ketones is 1. The fraction of sp³-hybridized carbons (Fsp3) is 0.429.